The zero-order valence-corrected chi connectivity index (χ0v) is 13.2. The number of halogens is 4. The third-order valence-corrected chi connectivity index (χ3v) is 4.23. The van der Waals surface area contributed by atoms with Gasteiger partial charge in [0, 0.05) is 19.9 Å². The molecule has 0 amide bonds. The van der Waals surface area contributed by atoms with E-state index in [1.807, 2.05) is 36.4 Å². The van der Waals surface area contributed by atoms with Crippen molar-refractivity contribution in [3.8, 4) is 0 Å². The molecule has 18 heavy (non-hydrogen) atoms. The van der Waals surface area contributed by atoms with Crippen molar-refractivity contribution < 1.29 is 0 Å². The molecule has 0 fully saturated rings. The highest BCUT2D eigenvalue weighted by Crippen LogP contribution is 2.34. The third-order valence-electron chi connectivity index (χ3n) is 2.60. The van der Waals surface area contributed by atoms with Crippen LogP contribution in [-0.4, -0.2) is 0 Å². The quantitative estimate of drug-likeness (QED) is 0.559. The molecular weight excluding hydrogens is 354 g/mol. The Morgan fingerprint density at radius 3 is 2.39 bits per heavy atom. The van der Waals surface area contributed by atoms with Crippen LogP contribution in [0.25, 0.3) is 0 Å². The van der Waals surface area contributed by atoms with Crippen molar-refractivity contribution in [1.82, 2.24) is 0 Å². The van der Waals surface area contributed by atoms with Gasteiger partial charge in [-0.1, -0.05) is 62.9 Å². The second-order valence-corrected chi connectivity index (χ2v) is 6.35. The van der Waals surface area contributed by atoms with Gasteiger partial charge in [0.05, 0.1) is 0 Å². The van der Waals surface area contributed by atoms with Gasteiger partial charge in [-0.15, -0.1) is 0 Å². The minimum absolute atomic E-state index is 0.113. The molecule has 0 nitrogen and oxygen atoms in total. The third kappa shape index (κ3) is 3.64. The summed E-state index contributed by atoms with van der Waals surface area (Å²) in [6.07, 6.45) is 0.806. The number of hydrogen-bond acceptors (Lipinski definition) is 0. The number of alkyl halides is 1. The molecule has 0 radical (unpaired) electrons. The predicted molar refractivity (Wildman–Crippen MR) is 83.3 cm³/mol. The van der Waals surface area contributed by atoms with Crippen molar-refractivity contribution in [3.63, 3.8) is 0 Å². The molecule has 2 aromatic carbocycles. The summed E-state index contributed by atoms with van der Waals surface area (Å²) in [5.41, 5.74) is 2.14. The first-order valence-corrected chi connectivity index (χ1v) is 7.44. The van der Waals surface area contributed by atoms with E-state index in [-0.39, 0.29) is 4.83 Å². The lowest BCUT2D eigenvalue weighted by atomic mass is 10.0. The van der Waals surface area contributed by atoms with E-state index in [2.05, 4.69) is 15.9 Å². The maximum atomic E-state index is 6.17. The number of benzene rings is 2. The minimum Gasteiger partial charge on any atom is -0.0843 e. The fourth-order valence-electron chi connectivity index (χ4n) is 1.74. The van der Waals surface area contributed by atoms with Gasteiger partial charge in [-0.3, -0.25) is 0 Å². The van der Waals surface area contributed by atoms with Crippen molar-refractivity contribution >= 4 is 50.7 Å². The van der Waals surface area contributed by atoms with Crippen LogP contribution in [0, 0.1) is 0 Å². The molecule has 0 aliphatic heterocycles. The molecule has 0 spiro atoms. The second kappa shape index (κ2) is 6.29. The lowest BCUT2D eigenvalue weighted by molar-refractivity contribution is 0.949. The summed E-state index contributed by atoms with van der Waals surface area (Å²) in [4.78, 5) is 0.113. The van der Waals surface area contributed by atoms with E-state index in [1.54, 1.807) is 6.07 Å². The first-order valence-electron chi connectivity index (χ1n) is 5.40. The second-order valence-electron chi connectivity index (χ2n) is 3.97. The highest BCUT2D eigenvalue weighted by atomic mass is 79.9. The lowest BCUT2D eigenvalue weighted by Gasteiger charge is -2.12. The normalized spacial score (nSPS) is 12.4. The fraction of sp³-hybridized carbons (Fsp3) is 0.143. The Balaban J connectivity index is 2.21. The molecule has 0 heterocycles. The Hall–Kier alpha value is -0.210. The molecule has 0 aromatic heterocycles. The average Bonchev–Trinajstić information content (AvgIpc) is 2.32. The summed E-state index contributed by atoms with van der Waals surface area (Å²) in [6, 6.07) is 13.3. The van der Waals surface area contributed by atoms with Crippen LogP contribution in [0.2, 0.25) is 15.1 Å². The summed E-state index contributed by atoms with van der Waals surface area (Å²) in [6.45, 7) is 0. The molecule has 2 aromatic rings. The molecular formula is C14H10BrCl3. The van der Waals surface area contributed by atoms with Gasteiger partial charge in [0.1, 0.15) is 0 Å². The van der Waals surface area contributed by atoms with Crippen LogP contribution < -0.4 is 0 Å². The van der Waals surface area contributed by atoms with Crippen molar-refractivity contribution in [1.29, 1.82) is 0 Å². The van der Waals surface area contributed by atoms with Gasteiger partial charge in [-0.2, -0.15) is 0 Å². The first-order chi connectivity index (χ1) is 8.56. The largest absolute Gasteiger partial charge is 0.0843 e. The van der Waals surface area contributed by atoms with E-state index in [0.717, 1.165) is 22.6 Å². The van der Waals surface area contributed by atoms with Crippen LogP contribution in [0.4, 0.5) is 0 Å². The fourth-order valence-corrected chi connectivity index (χ4v) is 3.26. The minimum atomic E-state index is 0.113. The topological polar surface area (TPSA) is 0 Å². The van der Waals surface area contributed by atoms with Crippen molar-refractivity contribution in [2.45, 2.75) is 11.2 Å². The van der Waals surface area contributed by atoms with Crippen molar-refractivity contribution in [2.24, 2.45) is 0 Å². The molecule has 4 heteroatoms. The van der Waals surface area contributed by atoms with E-state index < -0.39 is 0 Å². The smallest absolute Gasteiger partial charge is 0.0450 e. The first kappa shape index (κ1) is 14.2. The van der Waals surface area contributed by atoms with Gasteiger partial charge in [0.15, 0.2) is 0 Å². The predicted octanol–water partition coefficient (Wildman–Crippen LogP) is 6.33. The Morgan fingerprint density at radius 1 is 0.944 bits per heavy atom. The zero-order chi connectivity index (χ0) is 13.1. The molecule has 0 bridgehead atoms. The maximum absolute atomic E-state index is 6.17. The van der Waals surface area contributed by atoms with Gasteiger partial charge in [-0.25, -0.2) is 0 Å². The SMILES string of the molecule is Clc1cccc(CC(Br)c2cc(Cl)ccc2Cl)c1. The molecule has 94 valence electrons. The van der Waals surface area contributed by atoms with E-state index in [0.29, 0.717) is 10.0 Å². The highest BCUT2D eigenvalue weighted by molar-refractivity contribution is 9.09. The molecule has 0 saturated heterocycles. The van der Waals surface area contributed by atoms with Crippen LogP contribution in [-0.2, 0) is 6.42 Å². The zero-order valence-electron chi connectivity index (χ0n) is 9.34. The molecule has 0 aliphatic rings. The summed E-state index contributed by atoms with van der Waals surface area (Å²) in [5.74, 6) is 0. The van der Waals surface area contributed by atoms with Gasteiger partial charge in [0.2, 0.25) is 0 Å². The maximum Gasteiger partial charge on any atom is 0.0450 e. The lowest BCUT2D eigenvalue weighted by Crippen LogP contribution is -1.96. The molecule has 1 atom stereocenters. The highest BCUT2D eigenvalue weighted by Gasteiger charge is 2.13. The average molecular weight is 364 g/mol. The Morgan fingerprint density at radius 2 is 1.67 bits per heavy atom. The van der Waals surface area contributed by atoms with Gasteiger partial charge in [-0.05, 0) is 47.9 Å². The molecule has 0 saturated carbocycles. The standard InChI is InChI=1S/C14H10BrCl3/c15-13(7-9-2-1-3-10(16)6-9)12-8-11(17)4-5-14(12)18/h1-6,8,13H,7H2. The van der Waals surface area contributed by atoms with E-state index in [1.165, 1.54) is 0 Å². The van der Waals surface area contributed by atoms with Crippen molar-refractivity contribution in [3.05, 3.63) is 68.7 Å². The van der Waals surface area contributed by atoms with Gasteiger partial charge >= 0.3 is 0 Å². The van der Waals surface area contributed by atoms with Crippen LogP contribution in [0.3, 0.4) is 0 Å². The number of hydrogen-bond donors (Lipinski definition) is 0. The van der Waals surface area contributed by atoms with Gasteiger partial charge in [0.25, 0.3) is 0 Å². The molecule has 2 rings (SSSR count). The summed E-state index contributed by atoms with van der Waals surface area (Å²) < 4.78 is 0. The van der Waals surface area contributed by atoms with Gasteiger partial charge < -0.3 is 0 Å². The van der Waals surface area contributed by atoms with Crippen LogP contribution in [0.15, 0.2) is 42.5 Å². The van der Waals surface area contributed by atoms with E-state index in [9.17, 15) is 0 Å². The van der Waals surface area contributed by atoms with Crippen LogP contribution >= 0.6 is 50.7 Å². The van der Waals surface area contributed by atoms with Crippen LogP contribution in [0.1, 0.15) is 16.0 Å². The molecule has 0 N–H and O–H groups in total. The summed E-state index contributed by atoms with van der Waals surface area (Å²) >= 11 is 21.8. The van der Waals surface area contributed by atoms with Crippen molar-refractivity contribution in [2.75, 3.05) is 0 Å². The summed E-state index contributed by atoms with van der Waals surface area (Å²) in [7, 11) is 0. The Kier molecular flexibility index (Phi) is 4.97. The number of rotatable bonds is 3. The van der Waals surface area contributed by atoms with Crippen LogP contribution in [0.5, 0.6) is 0 Å². The summed E-state index contributed by atoms with van der Waals surface area (Å²) in [5, 5.41) is 2.14. The van der Waals surface area contributed by atoms with E-state index in [4.69, 9.17) is 34.8 Å². The molecule has 0 aliphatic carbocycles. The molecule has 1 unspecified atom stereocenters. The van der Waals surface area contributed by atoms with E-state index >= 15 is 0 Å². The Labute approximate surface area is 130 Å². The Bertz CT molecular complexity index is 554. The monoisotopic (exact) mass is 362 g/mol.